The number of hydrogen-bond donors (Lipinski definition) is 2. The Morgan fingerprint density at radius 3 is 2.39 bits per heavy atom. The molecule has 0 aliphatic rings. The number of benzene rings is 2. The topological polar surface area (TPSA) is 88.5 Å². The van der Waals surface area contributed by atoms with Gasteiger partial charge in [-0.1, -0.05) is 24.3 Å². The van der Waals surface area contributed by atoms with Crippen LogP contribution < -0.4 is 5.32 Å². The van der Waals surface area contributed by atoms with E-state index in [1.54, 1.807) is 19.1 Å². The van der Waals surface area contributed by atoms with Gasteiger partial charge in [0.2, 0.25) is 0 Å². The van der Waals surface area contributed by atoms with E-state index in [1.165, 1.54) is 11.3 Å². The minimum Gasteiger partial charge on any atom is -0.481 e. The van der Waals surface area contributed by atoms with Gasteiger partial charge in [-0.25, -0.2) is 9.78 Å². The number of carbonyl (C=O) groups is 2. The molecule has 28 heavy (non-hydrogen) atoms. The number of aliphatic carboxylic acids is 1. The minimum absolute atomic E-state index is 0.00489. The molecule has 7 heteroatoms. The molecule has 0 amide bonds. The Labute approximate surface area is 166 Å². The second-order valence-electron chi connectivity index (χ2n) is 6.11. The lowest BCUT2D eigenvalue weighted by Gasteiger charge is -2.05. The van der Waals surface area contributed by atoms with Crippen molar-refractivity contribution in [2.24, 2.45) is 0 Å². The third-order valence-electron chi connectivity index (χ3n) is 4.03. The van der Waals surface area contributed by atoms with Crippen LogP contribution in [-0.4, -0.2) is 28.6 Å². The van der Waals surface area contributed by atoms with Gasteiger partial charge in [-0.3, -0.25) is 4.79 Å². The smallest absolute Gasteiger partial charge is 0.338 e. The van der Waals surface area contributed by atoms with Crippen molar-refractivity contribution in [1.82, 2.24) is 4.98 Å². The Balaban J connectivity index is 1.73. The summed E-state index contributed by atoms with van der Waals surface area (Å²) in [7, 11) is 0. The zero-order chi connectivity index (χ0) is 20.1. The van der Waals surface area contributed by atoms with Crippen molar-refractivity contribution in [3.05, 3.63) is 64.5 Å². The molecule has 3 rings (SSSR count). The maximum atomic E-state index is 11.7. The van der Waals surface area contributed by atoms with Gasteiger partial charge in [0, 0.05) is 16.1 Å². The number of carboxylic acid groups (broad SMARTS) is 1. The quantitative estimate of drug-likeness (QED) is 0.565. The first kappa shape index (κ1) is 19.6. The predicted octanol–water partition coefficient (Wildman–Crippen LogP) is 4.67. The first-order valence-electron chi connectivity index (χ1n) is 8.79. The summed E-state index contributed by atoms with van der Waals surface area (Å²) in [5.41, 5.74) is 3.88. The van der Waals surface area contributed by atoms with Crippen LogP contribution in [0.2, 0.25) is 0 Å². The average Bonchev–Trinajstić information content (AvgIpc) is 3.03. The molecule has 2 N–H and O–H groups in total. The van der Waals surface area contributed by atoms with Gasteiger partial charge in [0.15, 0.2) is 5.13 Å². The summed E-state index contributed by atoms with van der Waals surface area (Å²) in [6.07, 6.45) is 0.00489. The van der Waals surface area contributed by atoms with Crippen LogP contribution in [0.4, 0.5) is 10.8 Å². The molecular weight excluding hydrogens is 376 g/mol. The molecule has 3 aromatic rings. The van der Waals surface area contributed by atoms with E-state index in [9.17, 15) is 9.59 Å². The Hall–Kier alpha value is -3.19. The van der Waals surface area contributed by atoms with E-state index in [4.69, 9.17) is 9.84 Å². The second kappa shape index (κ2) is 8.67. The molecule has 0 saturated heterocycles. The number of hydrogen-bond acceptors (Lipinski definition) is 6. The van der Waals surface area contributed by atoms with Crippen LogP contribution in [0.5, 0.6) is 0 Å². The summed E-state index contributed by atoms with van der Waals surface area (Å²) in [6, 6.07) is 14.4. The van der Waals surface area contributed by atoms with Crippen LogP contribution in [0, 0.1) is 6.92 Å². The number of carbonyl (C=O) groups excluding carboxylic acids is 1. The van der Waals surface area contributed by atoms with Crippen molar-refractivity contribution in [3.63, 3.8) is 0 Å². The number of aromatic nitrogens is 1. The summed E-state index contributed by atoms with van der Waals surface area (Å²) in [5.74, 6) is -1.19. The lowest BCUT2D eigenvalue weighted by Crippen LogP contribution is -2.04. The molecule has 1 heterocycles. The molecule has 144 valence electrons. The molecule has 0 radical (unpaired) electrons. The maximum absolute atomic E-state index is 11.7. The highest BCUT2D eigenvalue weighted by Gasteiger charge is 2.11. The molecule has 0 unspecified atom stereocenters. The normalized spacial score (nSPS) is 10.5. The number of thiazole rings is 1. The fourth-order valence-corrected chi connectivity index (χ4v) is 3.56. The van der Waals surface area contributed by atoms with Crippen LogP contribution in [0.1, 0.15) is 27.7 Å². The van der Waals surface area contributed by atoms with Gasteiger partial charge >= 0.3 is 11.9 Å². The zero-order valence-electron chi connectivity index (χ0n) is 15.6. The van der Waals surface area contributed by atoms with Crippen molar-refractivity contribution >= 4 is 34.1 Å². The summed E-state index contributed by atoms with van der Waals surface area (Å²) in [5, 5.41) is 12.9. The minimum atomic E-state index is -0.849. The molecular formula is C21H20N2O4S. The van der Waals surface area contributed by atoms with Crippen LogP contribution in [0.25, 0.3) is 11.3 Å². The van der Waals surface area contributed by atoms with Crippen molar-refractivity contribution in [1.29, 1.82) is 0 Å². The fraction of sp³-hybridized carbons (Fsp3) is 0.190. The molecule has 0 bridgehead atoms. The first-order chi connectivity index (χ1) is 13.5. The van der Waals surface area contributed by atoms with E-state index < -0.39 is 5.97 Å². The highest BCUT2D eigenvalue weighted by Crippen LogP contribution is 2.32. The Bertz CT molecular complexity index is 979. The van der Waals surface area contributed by atoms with Gasteiger partial charge in [-0.2, -0.15) is 0 Å². The number of ether oxygens (including phenoxy) is 1. The molecule has 1 aromatic heterocycles. The molecule has 2 aromatic carbocycles. The van der Waals surface area contributed by atoms with Gasteiger partial charge < -0.3 is 15.2 Å². The van der Waals surface area contributed by atoms with E-state index in [0.717, 1.165) is 32.5 Å². The third-order valence-corrected chi connectivity index (χ3v) is 4.91. The number of nitrogens with one attached hydrogen (secondary N) is 1. The van der Waals surface area contributed by atoms with Gasteiger partial charge in [0.05, 0.1) is 24.3 Å². The number of esters is 1. The largest absolute Gasteiger partial charge is 0.481 e. The van der Waals surface area contributed by atoms with E-state index in [-0.39, 0.29) is 12.4 Å². The van der Waals surface area contributed by atoms with E-state index in [1.807, 2.05) is 43.3 Å². The number of nitrogens with zero attached hydrogens (tertiary/aromatic N) is 1. The van der Waals surface area contributed by atoms with Crippen molar-refractivity contribution in [3.8, 4) is 11.3 Å². The molecule has 0 saturated carbocycles. The summed E-state index contributed by atoms with van der Waals surface area (Å²) < 4.78 is 4.98. The van der Waals surface area contributed by atoms with Crippen LogP contribution in [0.3, 0.4) is 0 Å². The number of carboxylic acids is 1. The molecule has 0 atom stereocenters. The van der Waals surface area contributed by atoms with Crippen LogP contribution in [0.15, 0.2) is 48.5 Å². The first-order valence-corrected chi connectivity index (χ1v) is 9.60. The van der Waals surface area contributed by atoms with Crippen molar-refractivity contribution < 1.29 is 19.4 Å². The highest BCUT2D eigenvalue weighted by molar-refractivity contribution is 7.16. The van der Waals surface area contributed by atoms with Crippen LogP contribution >= 0.6 is 11.3 Å². The monoisotopic (exact) mass is 396 g/mol. The van der Waals surface area contributed by atoms with Crippen molar-refractivity contribution in [2.75, 3.05) is 11.9 Å². The van der Waals surface area contributed by atoms with Gasteiger partial charge in [-0.15, -0.1) is 11.3 Å². The van der Waals surface area contributed by atoms with Crippen molar-refractivity contribution in [2.45, 2.75) is 20.3 Å². The maximum Gasteiger partial charge on any atom is 0.338 e. The summed E-state index contributed by atoms with van der Waals surface area (Å²) >= 11 is 1.53. The Kier molecular flexibility index (Phi) is 6.06. The zero-order valence-corrected chi connectivity index (χ0v) is 16.4. The van der Waals surface area contributed by atoms with Crippen LogP contribution in [-0.2, 0) is 16.0 Å². The molecule has 6 nitrogen and oxygen atoms in total. The van der Waals surface area contributed by atoms with Gasteiger partial charge in [-0.05, 0) is 43.7 Å². The van der Waals surface area contributed by atoms with E-state index in [0.29, 0.717) is 12.2 Å². The number of aryl methyl sites for hydroxylation is 1. The highest BCUT2D eigenvalue weighted by atomic mass is 32.1. The SMILES string of the molecule is CCOC(=O)c1ccc(Nc2nc(-c3ccc(CC(=O)O)cc3)c(C)s2)cc1. The van der Waals surface area contributed by atoms with Gasteiger partial charge in [0.25, 0.3) is 0 Å². The molecule has 0 spiro atoms. The van der Waals surface area contributed by atoms with Gasteiger partial charge in [0.1, 0.15) is 0 Å². The molecule has 0 aliphatic heterocycles. The predicted molar refractivity (Wildman–Crippen MR) is 109 cm³/mol. The number of rotatable bonds is 7. The standard InChI is InChI=1S/C21H20N2O4S/c1-3-27-20(26)16-8-10-17(11-9-16)22-21-23-19(13(2)28-21)15-6-4-14(5-7-15)12-18(24)25/h4-11H,3,12H2,1-2H3,(H,22,23)(H,24,25). The second-order valence-corrected chi connectivity index (χ2v) is 7.32. The fourth-order valence-electron chi connectivity index (χ4n) is 2.70. The lowest BCUT2D eigenvalue weighted by molar-refractivity contribution is -0.136. The Morgan fingerprint density at radius 1 is 1.11 bits per heavy atom. The Morgan fingerprint density at radius 2 is 1.79 bits per heavy atom. The average molecular weight is 396 g/mol. The molecule has 0 fully saturated rings. The summed E-state index contributed by atoms with van der Waals surface area (Å²) in [6.45, 7) is 4.11. The molecule has 0 aliphatic carbocycles. The van der Waals surface area contributed by atoms with E-state index in [2.05, 4.69) is 10.3 Å². The number of anilines is 2. The third kappa shape index (κ3) is 4.75. The lowest BCUT2D eigenvalue weighted by atomic mass is 10.1. The van der Waals surface area contributed by atoms with E-state index >= 15 is 0 Å². The summed E-state index contributed by atoms with van der Waals surface area (Å²) in [4.78, 5) is 28.2.